The number of hydrogen-bond acceptors (Lipinski definition) is 3. The lowest BCUT2D eigenvalue weighted by Gasteiger charge is -2.34. The number of urea groups is 1. The largest absolute Gasteiger partial charge is 0.339 e. The van der Waals surface area contributed by atoms with Crippen LogP contribution in [0.5, 0.6) is 0 Å². The molecule has 1 fully saturated rings. The van der Waals surface area contributed by atoms with Gasteiger partial charge >= 0.3 is 6.03 Å². The molecular formula is C28H26N4O2. The van der Waals surface area contributed by atoms with Gasteiger partial charge in [-0.2, -0.15) is 0 Å². The quantitative estimate of drug-likeness (QED) is 0.463. The van der Waals surface area contributed by atoms with Gasteiger partial charge in [0.25, 0.3) is 0 Å². The van der Waals surface area contributed by atoms with Crippen molar-refractivity contribution in [3.05, 3.63) is 84.9 Å². The predicted octanol–water partition coefficient (Wildman–Crippen LogP) is 5.26. The predicted molar refractivity (Wildman–Crippen MR) is 135 cm³/mol. The minimum Gasteiger partial charge on any atom is -0.339 e. The van der Waals surface area contributed by atoms with Crippen LogP contribution in [0, 0.1) is 0 Å². The smallest absolute Gasteiger partial charge is 0.321 e. The Kier molecular flexibility index (Phi) is 5.95. The number of pyridine rings is 1. The van der Waals surface area contributed by atoms with E-state index < -0.39 is 0 Å². The van der Waals surface area contributed by atoms with Crippen molar-refractivity contribution in [3.63, 3.8) is 0 Å². The van der Waals surface area contributed by atoms with Crippen molar-refractivity contribution in [1.29, 1.82) is 0 Å². The van der Waals surface area contributed by atoms with E-state index in [0.29, 0.717) is 26.2 Å². The summed E-state index contributed by atoms with van der Waals surface area (Å²) in [5, 5.41) is 3.97. The zero-order valence-electron chi connectivity index (χ0n) is 19.1. The summed E-state index contributed by atoms with van der Waals surface area (Å²) in [4.78, 5) is 32.8. The fraction of sp³-hybridized carbons (Fsp3) is 0.179. The fourth-order valence-corrected chi connectivity index (χ4v) is 4.34. The Morgan fingerprint density at radius 3 is 2.03 bits per heavy atom. The summed E-state index contributed by atoms with van der Waals surface area (Å²) in [7, 11) is 0. The molecule has 34 heavy (non-hydrogen) atoms. The van der Waals surface area contributed by atoms with E-state index in [-0.39, 0.29) is 11.9 Å². The van der Waals surface area contributed by atoms with Gasteiger partial charge < -0.3 is 15.1 Å². The second-order valence-electron chi connectivity index (χ2n) is 8.45. The maximum atomic E-state index is 12.8. The molecule has 0 saturated carbocycles. The van der Waals surface area contributed by atoms with Crippen molar-refractivity contribution in [2.75, 3.05) is 31.5 Å². The zero-order chi connectivity index (χ0) is 23.5. The van der Waals surface area contributed by atoms with E-state index >= 15 is 0 Å². The number of fused-ring (bicyclic) bond motifs is 1. The summed E-state index contributed by atoms with van der Waals surface area (Å²) in [6, 6.07) is 28.2. The first-order valence-corrected chi connectivity index (χ1v) is 11.5. The van der Waals surface area contributed by atoms with Crippen molar-refractivity contribution >= 4 is 28.5 Å². The number of rotatable bonds is 3. The van der Waals surface area contributed by atoms with Crippen LogP contribution < -0.4 is 5.32 Å². The number of aromatic nitrogens is 1. The third kappa shape index (κ3) is 4.48. The molecule has 0 aliphatic carbocycles. The number of nitrogens with zero attached hydrogens (tertiary/aromatic N) is 3. The van der Waals surface area contributed by atoms with Crippen molar-refractivity contribution in [2.45, 2.75) is 6.92 Å². The third-order valence-electron chi connectivity index (χ3n) is 6.21. The van der Waals surface area contributed by atoms with E-state index in [1.165, 1.54) is 0 Å². The molecule has 4 aromatic rings. The average Bonchev–Trinajstić information content (AvgIpc) is 2.89. The molecule has 0 bridgehead atoms. The Labute approximate surface area is 198 Å². The third-order valence-corrected chi connectivity index (χ3v) is 6.21. The first-order valence-electron chi connectivity index (χ1n) is 11.5. The van der Waals surface area contributed by atoms with E-state index in [0.717, 1.165) is 39.0 Å². The Morgan fingerprint density at radius 1 is 0.765 bits per heavy atom. The molecule has 2 heterocycles. The summed E-state index contributed by atoms with van der Waals surface area (Å²) in [5.74, 6) is 0.0474. The lowest BCUT2D eigenvalue weighted by molar-refractivity contribution is -0.130. The van der Waals surface area contributed by atoms with Crippen LogP contribution in [-0.4, -0.2) is 52.9 Å². The molecule has 5 rings (SSSR count). The summed E-state index contributed by atoms with van der Waals surface area (Å²) in [5.41, 5.74) is 5.72. The molecule has 0 spiro atoms. The zero-order valence-corrected chi connectivity index (χ0v) is 19.1. The second-order valence-corrected chi connectivity index (χ2v) is 8.45. The minimum absolute atomic E-state index is 0.0474. The van der Waals surface area contributed by atoms with Crippen LogP contribution in [0.4, 0.5) is 10.5 Å². The molecule has 0 radical (unpaired) electrons. The lowest BCUT2D eigenvalue weighted by Crippen LogP contribution is -2.51. The van der Waals surface area contributed by atoms with Crippen LogP contribution in [0.1, 0.15) is 6.92 Å². The molecule has 170 valence electrons. The molecule has 1 aliphatic heterocycles. The van der Waals surface area contributed by atoms with E-state index in [9.17, 15) is 9.59 Å². The van der Waals surface area contributed by atoms with Gasteiger partial charge in [0, 0.05) is 55.3 Å². The molecule has 3 aromatic carbocycles. The molecule has 1 saturated heterocycles. The van der Waals surface area contributed by atoms with Crippen LogP contribution >= 0.6 is 0 Å². The Bertz CT molecular complexity index is 1330. The van der Waals surface area contributed by atoms with Gasteiger partial charge in [-0.05, 0) is 29.8 Å². The first kappa shape index (κ1) is 21.6. The van der Waals surface area contributed by atoms with Gasteiger partial charge in [-0.1, -0.05) is 60.7 Å². The van der Waals surface area contributed by atoms with E-state index in [1.807, 2.05) is 54.6 Å². The van der Waals surface area contributed by atoms with Gasteiger partial charge in [-0.3, -0.25) is 4.79 Å². The summed E-state index contributed by atoms with van der Waals surface area (Å²) in [6.45, 7) is 3.74. The Hall–Kier alpha value is -4.19. The fourth-order valence-electron chi connectivity index (χ4n) is 4.34. The standard InChI is InChI=1S/C28H26N4O2/c1-20(33)31-14-16-32(17-15-31)28(34)29-24-12-13-26-23(18-24)19-25(21-8-4-2-5-9-21)27(30-26)22-10-6-3-7-11-22/h2-13,18-19H,14-17H2,1H3,(H,29,34). The number of hydrogen-bond donors (Lipinski definition) is 1. The topological polar surface area (TPSA) is 65.5 Å². The molecule has 0 unspecified atom stereocenters. The van der Waals surface area contributed by atoms with E-state index in [2.05, 4.69) is 35.6 Å². The number of amides is 3. The number of piperazine rings is 1. The van der Waals surface area contributed by atoms with Crippen molar-refractivity contribution < 1.29 is 9.59 Å². The van der Waals surface area contributed by atoms with Crippen molar-refractivity contribution in [1.82, 2.24) is 14.8 Å². The van der Waals surface area contributed by atoms with Gasteiger partial charge in [-0.15, -0.1) is 0 Å². The van der Waals surface area contributed by atoms with Gasteiger partial charge in [-0.25, -0.2) is 9.78 Å². The maximum absolute atomic E-state index is 12.8. The summed E-state index contributed by atoms with van der Waals surface area (Å²) < 4.78 is 0. The highest BCUT2D eigenvalue weighted by atomic mass is 16.2. The van der Waals surface area contributed by atoms with Crippen LogP contribution in [0.3, 0.4) is 0 Å². The Balaban J connectivity index is 1.45. The van der Waals surface area contributed by atoms with Crippen molar-refractivity contribution in [2.24, 2.45) is 0 Å². The molecule has 0 atom stereocenters. The van der Waals surface area contributed by atoms with Crippen LogP contribution in [0.25, 0.3) is 33.3 Å². The number of benzene rings is 3. The van der Waals surface area contributed by atoms with Gasteiger partial charge in [0.2, 0.25) is 5.91 Å². The highest BCUT2D eigenvalue weighted by Gasteiger charge is 2.22. The molecule has 1 N–H and O–H groups in total. The van der Waals surface area contributed by atoms with Crippen molar-refractivity contribution in [3.8, 4) is 22.4 Å². The number of nitrogens with one attached hydrogen (secondary N) is 1. The van der Waals surface area contributed by atoms with Crippen LogP contribution in [0.15, 0.2) is 84.9 Å². The normalized spacial score (nSPS) is 13.7. The number of anilines is 1. The SMILES string of the molecule is CC(=O)N1CCN(C(=O)Nc2ccc3nc(-c4ccccc4)c(-c4ccccc4)cc3c2)CC1. The van der Waals surface area contributed by atoms with Gasteiger partial charge in [0.15, 0.2) is 0 Å². The molecule has 1 aromatic heterocycles. The molecular weight excluding hydrogens is 424 g/mol. The van der Waals surface area contributed by atoms with Crippen LogP contribution in [-0.2, 0) is 4.79 Å². The summed E-state index contributed by atoms with van der Waals surface area (Å²) in [6.07, 6.45) is 0. The monoisotopic (exact) mass is 450 g/mol. The second kappa shape index (κ2) is 9.35. The van der Waals surface area contributed by atoms with Gasteiger partial charge in [0.1, 0.15) is 0 Å². The first-order chi connectivity index (χ1) is 16.6. The lowest BCUT2D eigenvalue weighted by atomic mass is 9.97. The van der Waals surface area contributed by atoms with Gasteiger partial charge in [0.05, 0.1) is 11.2 Å². The molecule has 1 aliphatic rings. The minimum atomic E-state index is -0.153. The molecule has 6 heteroatoms. The van der Waals surface area contributed by atoms with E-state index in [4.69, 9.17) is 4.98 Å². The number of carbonyl (C=O) groups is 2. The van der Waals surface area contributed by atoms with E-state index in [1.54, 1.807) is 16.7 Å². The number of carbonyl (C=O) groups excluding carboxylic acids is 2. The summed E-state index contributed by atoms with van der Waals surface area (Å²) >= 11 is 0. The highest BCUT2D eigenvalue weighted by molar-refractivity contribution is 5.96. The highest BCUT2D eigenvalue weighted by Crippen LogP contribution is 2.34. The Morgan fingerprint density at radius 2 is 1.38 bits per heavy atom. The molecule has 6 nitrogen and oxygen atoms in total. The average molecular weight is 451 g/mol. The molecule has 3 amide bonds. The van der Waals surface area contributed by atoms with Crippen LogP contribution in [0.2, 0.25) is 0 Å². The maximum Gasteiger partial charge on any atom is 0.321 e.